The molecule has 0 atom stereocenters. The number of ether oxygens (including phenoxy) is 1. The molecule has 0 radical (unpaired) electrons. The van der Waals surface area contributed by atoms with Crippen molar-refractivity contribution in [3.05, 3.63) is 54.2 Å². The summed E-state index contributed by atoms with van der Waals surface area (Å²) in [5.74, 6) is 1.17. The monoisotopic (exact) mass is 326 g/mol. The minimum Gasteiger partial charge on any atom is -0.497 e. The lowest BCUT2D eigenvalue weighted by atomic mass is 10.2. The lowest BCUT2D eigenvalue weighted by Crippen LogP contribution is -2.27. The molecule has 3 rings (SSSR count). The van der Waals surface area contributed by atoms with E-state index in [1.165, 1.54) is 4.68 Å². The second-order valence-corrected chi connectivity index (χ2v) is 5.22. The lowest BCUT2D eigenvalue weighted by molar-refractivity contribution is 0.0944. The summed E-state index contributed by atoms with van der Waals surface area (Å²) >= 11 is 0. The highest BCUT2D eigenvalue weighted by atomic mass is 16.5. The Balaban J connectivity index is 1.56. The van der Waals surface area contributed by atoms with Gasteiger partial charge in [-0.25, -0.2) is 4.98 Å². The number of oxazole rings is 1. The largest absolute Gasteiger partial charge is 0.497 e. The molecular formula is C17H18N4O3. The van der Waals surface area contributed by atoms with Gasteiger partial charge in [0.1, 0.15) is 17.7 Å². The molecule has 2 heterocycles. The Labute approximate surface area is 139 Å². The van der Waals surface area contributed by atoms with Gasteiger partial charge >= 0.3 is 0 Å². The van der Waals surface area contributed by atoms with Crippen molar-refractivity contribution < 1.29 is 13.9 Å². The lowest BCUT2D eigenvalue weighted by Gasteiger charge is -2.03. The Morgan fingerprint density at radius 2 is 2.08 bits per heavy atom. The Morgan fingerprint density at radius 3 is 2.75 bits per heavy atom. The summed E-state index contributed by atoms with van der Waals surface area (Å²) in [6.45, 7) is 0.471. The summed E-state index contributed by atoms with van der Waals surface area (Å²) in [5.41, 5.74) is 2.18. The van der Waals surface area contributed by atoms with Crippen LogP contribution in [-0.4, -0.2) is 34.3 Å². The fourth-order valence-corrected chi connectivity index (χ4v) is 2.28. The molecule has 1 amide bonds. The van der Waals surface area contributed by atoms with Crippen molar-refractivity contribution in [2.75, 3.05) is 13.7 Å². The molecule has 0 spiro atoms. The number of benzene rings is 1. The van der Waals surface area contributed by atoms with Crippen LogP contribution in [-0.2, 0) is 13.5 Å². The molecule has 0 saturated carbocycles. The second kappa shape index (κ2) is 6.99. The van der Waals surface area contributed by atoms with Gasteiger partial charge in [0, 0.05) is 31.8 Å². The van der Waals surface area contributed by atoms with Gasteiger partial charge in [-0.1, -0.05) is 0 Å². The number of hydrogen-bond acceptors (Lipinski definition) is 5. The van der Waals surface area contributed by atoms with E-state index in [1.54, 1.807) is 32.7 Å². The summed E-state index contributed by atoms with van der Waals surface area (Å²) in [6, 6.07) is 9.16. The van der Waals surface area contributed by atoms with E-state index >= 15 is 0 Å². The third-order valence-corrected chi connectivity index (χ3v) is 3.61. The zero-order chi connectivity index (χ0) is 16.9. The normalized spacial score (nSPS) is 10.6. The summed E-state index contributed by atoms with van der Waals surface area (Å²) in [6.07, 6.45) is 3.78. The third kappa shape index (κ3) is 3.45. The van der Waals surface area contributed by atoms with E-state index in [0.29, 0.717) is 24.6 Å². The average Bonchev–Trinajstić information content (AvgIpc) is 3.24. The second-order valence-electron chi connectivity index (χ2n) is 5.22. The molecule has 0 saturated heterocycles. The number of rotatable bonds is 6. The van der Waals surface area contributed by atoms with E-state index in [9.17, 15) is 4.79 Å². The summed E-state index contributed by atoms with van der Waals surface area (Å²) in [7, 11) is 3.35. The van der Waals surface area contributed by atoms with Crippen LogP contribution in [0.2, 0.25) is 0 Å². The minimum atomic E-state index is -0.158. The Hall–Kier alpha value is -3.09. The van der Waals surface area contributed by atoms with Gasteiger partial charge in [-0.3, -0.25) is 9.48 Å². The van der Waals surface area contributed by atoms with Gasteiger partial charge < -0.3 is 14.5 Å². The molecule has 0 unspecified atom stereocenters. The number of nitrogens with zero attached hydrogens (tertiary/aromatic N) is 3. The number of aryl methyl sites for hydroxylation is 1. The van der Waals surface area contributed by atoms with Crippen molar-refractivity contribution in [1.82, 2.24) is 20.1 Å². The minimum absolute atomic E-state index is 0.158. The molecule has 1 N–H and O–H groups in total. The smallest absolute Gasteiger partial charge is 0.269 e. The molecule has 0 aliphatic carbocycles. The van der Waals surface area contributed by atoms with Crippen LogP contribution in [0.15, 0.2) is 47.2 Å². The maximum absolute atomic E-state index is 12.0. The molecular weight excluding hydrogens is 308 g/mol. The maximum Gasteiger partial charge on any atom is 0.269 e. The topological polar surface area (TPSA) is 82.2 Å². The van der Waals surface area contributed by atoms with Gasteiger partial charge in [-0.05, 0) is 30.3 Å². The molecule has 7 nitrogen and oxygen atoms in total. The molecule has 124 valence electrons. The number of carbonyl (C=O) groups excluding carboxylic acids is 1. The number of hydrogen-bond donors (Lipinski definition) is 1. The molecule has 0 aliphatic rings. The van der Waals surface area contributed by atoms with Crippen LogP contribution < -0.4 is 10.1 Å². The van der Waals surface area contributed by atoms with Crippen molar-refractivity contribution in [1.29, 1.82) is 0 Å². The van der Waals surface area contributed by atoms with Gasteiger partial charge in [0.25, 0.3) is 5.91 Å². The van der Waals surface area contributed by atoms with Crippen molar-refractivity contribution in [2.45, 2.75) is 6.42 Å². The van der Waals surface area contributed by atoms with Gasteiger partial charge in [0.15, 0.2) is 0 Å². The highest BCUT2D eigenvalue weighted by Gasteiger charge is 2.10. The summed E-state index contributed by atoms with van der Waals surface area (Å²) in [5, 5.41) is 6.81. The fraction of sp³-hybridized carbons (Fsp3) is 0.235. The average molecular weight is 326 g/mol. The van der Waals surface area contributed by atoms with Crippen LogP contribution in [0, 0.1) is 0 Å². The van der Waals surface area contributed by atoms with E-state index in [4.69, 9.17) is 9.15 Å². The molecule has 2 aromatic heterocycles. The molecule has 3 aromatic rings. The highest BCUT2D eigenvalue weighted by Crippen LogP contribution is 2.21. The van der Waals surface area contributed by atoms with Crippen LogP contribution in [0.3, 0.4) is 0 Å². The first-order chi connectivity index (χ1) is 11.7. The highest BCUT2D eigenvalue weighted by molar-refractivity contribution is 5.92. The zero-order valence-corrected chi connectivity index (χ0v) is 13.5. The molecule has 7 heteroatoms. The summed E-state index contributed by atoms with van der Waals surface area (Å²) < 4.78 is 12.2. The number of aromatic nitrogens is 3. The van der Waals surface area contributed by atoms with Crippen LogP contribution in [0.4, 0.5) is 0 Å². The molecule has 0 bridgehead atoms. The van der Waals surface area contributed by atoms with E-state index in [1.807, 2.05) is 24.3 Å². The fourth-order valence-electron chi connectivity index (χ4n) is 2.28. The van der Waals surface area contributed by atoms with Crippen LogP contribution in [0.25, 0.3) is 11.5 Å². The van der Waals surface area contributed by atoms with Crippen LogP contribution >= 0.6 is 0 Å². The predicted octanol–water partition coefficient (Wildman–Crippen LogP) is 2.06. The maximum atomic E-state index is 12.0. The van der Waals surface area contributed by atoms with Crippen molar-refractivity contribution in [3.63, 3.8) is 0 Å². The summed E-state index contributed by atoms with van der Waals surface area (Å²) in [4.78, 5) is 16.4. The van der Waals surface area contributed by atoms with Crippen molar-refractivity contribution >= 4 is 5.91 Å². The third-order valence-electron chi connectivity index (χ3n) is 3.61. The number of methoxy groups -OCH3 is 1. The molecule has 1 aromatic carbocycles. The first-order valence-corrected chi connectivity index (χ1v) is 7.52. The standard InChI is InChI=1S/C17H18N4O3/c1-21-15(8-10-19-21)16(22)18-9-7-13-11-24-17(20-13)12-3-5-14(23-2)6-4-12/h3-6,8,10-11H,7,9H2,1-2H3,(H,18,22). The number of carbonyl (C=O) groups is 1. The van der Waals surface area contributed by atoms with Crippen molar-refractivity contribution in [3.8, 4) is 17.2 Å². The van der Waals surface area contributed by atoms with E-state index in [-0.39, 0.29) is 5.91 Å². The Kier molecular flexibility index (Phi) is 4.60. The quantitative estimate of drug-likeness (QED) is 0.750. The van der Waals surface area contributed by atoms with Crippen molar-refractivity contribution in [2.24, 2.45) is 7.05 Å². The Bertz CT molecular complexity index is 820. The molecule has 0 aliphatic heterocycles. The molecule has 24 heavy (non-hydrogen) atoms. The predicted molar refractivity (Wildman–Crippen MR) is 87.7 cm³/mol. The van der Waals surface area contributed by atoms with Gasteiger partial charge in [0.2, 0.25) is 5.89 Å². The molecule has 0 fully saturated rings. The Morgan fingerprint density at radius 1 is 1.29 bits per heavy atom. The van der Waals surface area contributed by atoms with E-state index < -0.39 is 0 Å². The number of amides is 1. The first-order valence-electron chi connectivity index (χ1n) is 7.52. The first kappa shape index (κ1) is 15.8. The van der Waals surface area contributed by atoms with Gasteiger partial charge in [0.05, 0.1) is 12.8 Å². The SMILES string of the molecule is COc1ccc(-c2nc(CCNC(=O)c3ccnn3C)co2)cc1. The van der Waals surface area contributed by atoms with E-state index in [0.717, 1.165) is 17.0 Å². The zero-order valence-electron chi connectivity index (χ0n) is 13.5. The number of nitrogens with one attached hydrogen (secondary N) is 1. The van der Waals surface area contributed by atoms with Gasteiger partial charge in [-0.15, -0.1) is 0 Å². The van der Waals surface area contributed by atoms with Gasteiger partial charge in [-0.2, -0.15) is 5.10 Å². The van der Waals surface area contributed by atoms with Crippen LogP contribution in [0.1, 0.15) is 16.2 Å². The van der Waals surface area contributed by atoms with E-state index in [2.05, 4.69) is 15.4 Å². The van der Waals surface area contributed by atoms with Crippen LogP contribution in [0.5, 0.6) is 5.75 Å².